The Morgan fingerprint density at radius 1 is 1.32 bits per heavy atom. The fourth-order valence-electron chi connectivity index (χ4n) is 1.83. The zero-order chi connectivity index (χ0) is 13.6. The quantitative estimate of drug-likeness (QED) is 0.656. The Hall–Kier alpha value is -1.59. The predicted molar refractivity (Wildman–Crippen MR) is 76.5 cm³/mol. The van der Waals surface area contributed by atoms with Crippen molar-refractivity contribution in [2.24, 2.45) is 0 Å². The van der Waals surface area contributed by atoms with Crippen LogP contribution in [0.15, 0.2) is 39.2 Å². The highest BCUT2D eigenvalue weighted by molar-refractivity contribution is 9.10. The Morgan fingerprint density at radius 3 is 2.84 bits per heavy atom. The van der Waals surface area contributed by atoms with Crippen molar-refractivity contribution >= 4 is 44.3 Å². The van der Waals surface area contributed by atoms with Crippen molar-refractivity contribution in [1.29, 1.82) is 0 Å². The molecule has 2 N–H and O–H groups in total. The zero-order valence-corrected chi connectivity index (χ0v) is 11.8. The second-order valence-corrected chi connectivity index (χ2v) is 5.28. The molecule has 0 bridgehead atoms. The molecule has 0 saturated carbocycles. The van der Waals surface area contributed by atoms with Crippen molar-refractivity contribution in [2.45, 2.75) is 0 Å². The molecule has 3 rings (SSSR count). The van der Waals surface area contributed by atoms with Crippen LogP contribution >= 0.6 is 27.5 Å². The van der Waals surface area contributed by atoms with Gasteiger partial charge in [0.15, 0.2) is 5.58 Å². The fraction of sp³-hybridized carbons (Fsp3) is 0. The molecule has 3 nitrogen and oxygen atoms in total. The van der Waals surface area contributed by atoms with Gasteiger partial charge in [0.2, 0.25) is 5.89 Å². The third kappa shape index (κ3) is 2.09. The average Bonchev–Trinajstić information content (AvgIpc) is 2.72. The molecule has 0 unspecified atom stereocenters. The maximum Gasteiger partial charge on any atom is 0.231 e. The van der Waals surface area contributed by atoms with E-state index in [1.165, 1.54) is 12.1 Å². The number of anilines is 1. The molecule has 0 fully saturated rings. The fourth-order valence-corrected chi connectivity index (χ4v) is 2.54. The lowest BCUT2D eigenvalue weighted by molar-refractivity contribution is 0.594. The van der Waals surface area contributed by atoms with E-state index < -0.39 is 5.82 Å². The summed E-state index contributed by atoms with van der Waals surface area (Å²) in [5.41, 5.74) is 7.35. The minimum absolute atomic E-state index is 0.114. The smallest absolute Gasteiger partial charge is 0.231 e. The van der Waals surface area contributed by atoms with Crippen LogP contribution in [-0.2, 0) is 0 Å². The molecule has 96 valence electrons. The second-order valence-electron chi connectivity index (χ2n) is 3.96. The Balaban J connectivity index is 2.30. The highest BCUT2D eigenvalue weighted by Gasteiger charge is 2.17. The number of hydrogen-bond donors (Lipinski definition) is 1. The maximum absolute atomic E-state index is 13.8. The number of nitrogens with zero attached hydrogens (tertiary/aromatic N) is 1. The van der Waals surface area contributed by atoms with E-state index in [4.69, 9.17) is 21.8 Å². The third-order valence-corrected chi connectivity index (χ3v) is 3.43. The van der Waals surface area contributed by atoms with Gasteiger partial charge < -0.3 is 10.2 Å². The van der Waals surface area contributed by atoms with Gasteiger partial charge in [-0.3, -0.25) is 0 Å². The molecule has 0 spiro atoms. The highest BCUT2D eigenvalue weighted by Crippen LogP contribution is 2.34. The normalized spacial score (nSPS) is 11.1. The number of benzene rings is 2. The molecule has 0 saturated heterocycles. The summed E-state index contributed by atoms with van der Waals surface area (Å²) < 4.78 is 20.1. The molecule has 3 aromatic rings. The standard InChI is InChI=1S/C13H7BrClFN2O/c14-6-4-9(17)12-10(5-6)18-13(19-12)11-7(15)2-1-3-8(11)16/h1-5H,17H2. The van der Waals surface area contributed by atoms with Gasteiger partial charge in [0.25, 0.3) is 0 Å². The van der Waals surface area contributed by atoms with Gasteiger partial charge in [0.1, 0.15) is 11.3 Å². The molecule has 1 aromatic heterocycles. The first-order chi connectivity index (χ1) is 9.06. The topological polar surface area (TPSA) is 52.0 Å². The summed E-state index contributed by atoms with van der Waals surface area (Å²) >= 11 is 9.30. The Kier molecular flexibility index (Phi) is 2.95. The van der Waals surface area contributed by atoms with Gasteiger partial charge in [-0.25, -0.2) is 9.37 Å². The number of hydrogen-bond acceptors (Lipinski definition) is 3. The lowest BCUT2D eigenvalue weighted by atomic mass is 10.2. The molecule has 19 heavy (non-hydrogen) atoms. The van der Waals surface area contributed by atoms with Crippen LogP contribution < -0.4 is 5.73 Å². The Bertz CT molecular complexity index is 767. The van der Waals surface area contributed by atoms with Crippen LogP contribution in [-0.4, -0.2) is 4.98 Å². The van der Waals surface area contributed by atoms with E-state index in [0.29, 0.717) is 16.8 Å². The SMILES string of the molecule is Nc1cc(Br)cc2nc(-c3c(F)cccc3Cl)oc12. The molecule has 0 radical (unpaired) electrons. The Labute approximate surface area is 121 Å². The van der Waals surface area contributed by atoms with Crippen molar-refractivity contribution in [3.63, 3.8) is 0 Å². The summed E-state index contributed by atoms with van der Waals surface area (Å²) in [7, 11) is 0. The highest BCUT2D eigenvalue weighted by atomic mass is 79.9. The van der Waals surface area contributed by atoms with E-state index in [2.05, 4.69) is 20.9 Å². The van der Waals surface area contributed by atoms with E-state index in [1.54, 1.807) is 18.2 Å². The van der Waals surface area contributed by atoms with Gasteiger partial charge in [0, 0.05) is 4.47 Å². The first kappa shape index (κ1) is 12.4. The summed E-state index contributed by atoms with van der Waals surface area (Å²) in [5, 5.41) is 0.240. The number of nitrogens with two attached hydrogens (primary N) is 1. The molecule has 1 heterocycles. The number of oxazole rings is 1. The Morgan fingerprint density at radius 2 is 2.11 bits per heavy atom. The molecular weight excluding hydrogens is 335 g/mol. The first-order valence-corrected chi connectivity index (χ1v) is 6.53. The summed E-state index contributed by atoms with van der Waals surface area (Å²) in [4.78, 5) is 4.23. The van der Waals surface area contributed by atoms with Gasteiger partial charge in [-0.1, -0.05) is 33.6 Å². The van der Waals surface area contributed by atoms with Crippen LogP contribution in [0.5, 0.6) is 0 Å². The van der Waals surface area contributed by atoms with Crippen LogP contribution in [0.25, 0.3) is 22.6 Å². The number of aromatic nitrogens is 1. The zero-order valence-electron chi connectivity index (χ0n) is 9.45. The van der Waals surface area contributed by atoms with Gasteiger partial charge in [-0.05, 0) is 24.3 Å². The number of fused-ring (bicyclic) bond motifs is 1. The van der Waals surface area contributed by atoms with Crippen molar-refractivity contribution in [3.05, 3.63) is 45.6 Å². The van der Waals surface area contributed by atoms with Gasteiger partial charge >= 0.3 is 0 Å². The summed E-state index contributed by atoms with van der Waals surface area (Å²) in [6, 6.07) is 7.84. The summed E-state index contributed by atoms with van der Waals surface area (Å²) in [6.45, 7) is 0. The van der Waals surface area contributed by atoms with Crippen LogP contribution in [0.2, 0.25) is 5.02 Å². The van der Waals surface area contributed by atoms with Crippen molar-refractivity contribution in [2.75, 3.05) is 5.73 Å². The van der Waals surface area contributed by atoms with Crippen molar-refractivity contribution in [1.82, 2.24) is 4.98 Å². The van der Waals surface area contributed by atoms with Crippen LogP contribution in [0.1, 0.15) is 0 Å². The van der Waals surface area contributed by atoms with Crippen LogP contribution in [0.4, 0.5) is 10.1 Å². The van der Waals surface area contributed by atoms with Gasteiger partial charge in [0.05, 0.1) is 16.3 Å². The molecule has 2 aromatic carbocycles. The van der Waals surface area contributed by atoms with E-state index in [9.17, 15) is 4.39 Å². The molecule has 0 amide bonds. The summed E-state index contributed by atoms with van der Waals surface area (Å²) in [5.74, 6) is -0.375. The van der Waals surface area contributed by atoms with Crippen molar-refractivity contribution in [3.8, 4) is 11.5 Å². The van der Waals surface area contributed by atoms with E-state index in [1.807, 2.05) is 0 Å². The number of rotatable bonds is 1. The molecule has 0 aliphatic heterocycles. The van der Waals surface area contributed by atoms with E-state index >= 15 is 0 Å². The first-order valence-electron chi connectivity index (χ1n) is 5.36. The van der Waals surface area contributed by atoms with Crippen LogP contribution in [0.3, 0.4) is 0 Å². The van der Waals surface area contributed by atoms with E-state index in [-0.39, 0.29) is 16.5 Å². The molecule has 6 heteroatoms. The monoisotopic (exact) mass is 340 g/mol. The number of nitrogen functional groups attached to an aromatic ring is 1. The number of halogens is 3. The predicted octanol–water partition coefficient (Wildman–Crippen LogP) is 4.63. The minimum Gasteiger partial charge on any atom is -0.434 e. The lowest BCUT2D eigenvalue weighted by Gasteiger charge is -2.00. The maximum atomic E-state index is 13.8. The average molecular weight is 342 g/mol. The molecular formula is C13H7BrClFN2O. The summed E-state index contributed by atoms with van der Waals surface area (Å²) in [6.07, 6.45) is 0. The largest absolute Gasteiger partial charge is 0.434 e. The van der Waals surface area contributed by atoms with E-state index in [0.717, 1.165) is 4.47 Å². The minimum atomic E-state index is -0.489. The second kappa shape index (κ2) is 4.51. The van der Waals surface area contributed by atoms with Gasteiger partial charge in [-0.15, -0.1) is 0 Å². The van der Waals surface area contributed by atoms with Crippen molar-refractivity contribution < 1.29 is 8.81 Å². The lowest BCUT2D eigenvalue weighted by Crippen LogP contribution is -1.85. The van der Waals surface area contributed by atoms with Gasteiger partial charge in [-0.2, -0.15) is 0 Å². The third-order valence-electron chi connectivity index (χ3n) is 2.66. The molecule has 0 atom stereocenters. The molecule has 0 aliphatic carbocycles. The van der Waals surface area contributed by atoms with Crippen LogP contribution in [0, 0.1) is 5.82 Å². The molecule has 0 aliphatic rings.